The van der Waals surface area contributed by atoms with E-state index in [0.717, 1.165) is 6.54 Å². The smallest absolute Gasteiger partial charge is 0.304 e. The fraction of sp³-hybridized carbons (Fsp3) is 0.640. The van der Waals surface area contributed by atoms with Crippen molar-refractivity contribution in [3.63, 3.8) is 0 Å². The monoisotopic (exact) mass is 486 g/mol. The van der Waals surface area contributed by atoms with Gasteiger partial charge >= 0.3 is 5.97 Å². The lowest BCUT2D eigenvalue weighted by Crippen LogP contribution is -2.76. The Balaban J connectivity index is 1.74. The van der Waals surface area contributed by atoms with Gasteiger partial charge in [-0.2, -0.15) is 0 Å². The fourth-order valence-corrected chi connectivity index (χ4v) is 7.35. The zero-order chi connectivity index (χ0) is 24.9. The second-order valence-electron chi connectivity index (χ2n) is 10.2. The molecule has 5 aliphatic rings. The lowest BCUT2D eigenvalue weighted by atomic mass is 9.55. The van der Waals surface area contributed by atoms with Crippen LogP contribution >= 0.6 is 0 Å². The summed E-state index contributed by atoms with van der Waals surface area (Å²) in [5.41, 5.74) is -2.04. The number of benzene rings is 1. The van der Waals surface area contributed by atoms with Crippen LogP contribution in [-0.4, -0.2) is 81.1 Å². The molecule has 4 heterocycles. The summed E-state index contributed by atoms with van der Waals surface area (Å²) in [6.07, 6.45) is -1.33. The van der Waals surface area contributed by atoms with E-state index in [4.69, 9.17) is 23.7 Å². The standard InChI is InChI=1S/C25H30N2O8/c1-12-17-14-8-10-26(3)11-9-24(20(17)29)15-6-7-16(31-4)19-18(15)27(22(30)23(32-5)34-19)25(24,21(14)33-12)35-13(2)28/h6-7,12,14,17,21,23H,8-11H2,1-5H3. The minimum Gasteiger partial charge on any atom is -0.493 e. The maximum Gasteiger partial charge on any atom is 0.304 e. The Hall–Kier alpha value is -2.69. The Kier molecular flexibility index (Phi) is 4.82. The van der Waals surface area contributed by atoms with E-state index in [1.165, 1.54) is 26.0 Å². The molecule has 0 N–H and O–H groups in total. The van der Waals surface area contributed by atoms with Gasteiger partial charge in [-0.25, -0.2) is 0 Å². The minimum atomic E-state index is -1.70. The molecule has 7 unspecified atom stereocenters. The van der Waals surface area contributed by atoms with Crippen LogP contribution in [0.2, 0.25) is 0 Å². The molecule has 1 spiro atoms. The molecule has 4 bridgehead atoms. The predicted octanol–water partition coefficient (Wildman–Crippen LogP) is 1.23. The van der Waals surface area contributed by atoms with E-state index in [1.807, 2.05) is 14.0 Å². The van der Waals surface area contributed by atoms with Gasteiger partial charge in [-0.3, -0.25) is 19.3 Å². The van der Waals surface area contributed by atoms with Crippen molar-refractivity contribution in [3.8, 4) is 11.5 Å². The third-order valence-electron chi connectivity index (χ3n) is 8.64. The average molecular weight is 487 g/mol. The second-order valence-corrected chi connectivity index (χ2v) is 10.2. The van der Waals surface area contributed by atoms with Crippen molar-refractivity contribution >= 4 is 23.3 Å². The Morgan fingerprint density at radius 2 is 1.97 bits per heavy atom. The Bertz CT molecular complexity index is 1140. The lowest BCUT2D eigenvalue weighted by Gasteiger charge is -2.54. The molecular formula is C25H30N2O8. The minimum absolute atomic E-state index is 0.0520. The van der Waals surface area contributed by atoms with Gasteiger partial charge < -0.3 is 28.6 Å². The van der Waals surface area contributed by atoms with E-state index in [0.29, 0.717) is 36.4 Å². The van der Waals surface area contributed by atoms with Crippen LogP contribution in [-0.2, 0) is 34.0 Å². The van der Waals surface area contributed by atoms with Crippen LogP contribution in [0.15, 0.2) is 12.1 Å². The van der Waals surface area contributed by atoms with E-state index in [1.54, 1.807) is 12.1 Å². The number of carbonyl (C=O) groups excluding carboxylic acids is 3. The molecule has 2 saturated heterocycles. The van der Waals surface area contributed by atoms with E-state index in [9.17, 15) is 14.4 Å². The molecule has 188 valence electrons. The summed E-state index contributed by atoms with van der Waals surface area (Å²) in [6, 6.07) is 3.54. The Labute approximate surface area is 203 Å². The summed E-state index contributed by atoms with van der Waals surface area (Å²) in [4.78, 5) is 45.1. The van der Waals surface area contributed by atoms with E-state index in [-0.39, 0.29) is 29.5 Å². The topological polar surface area (TPSA) is 104 Å². The summed E-state index contributed by atoms with van der Waals surface area (Å²) in [7, 11) is 4.89. The van der Waals surface area contributed by atoms with Crippen molar-refractivity contribution in [1.82, 2.24) is 4.90 Å². The fourth-order valence-electron chi connectivity index (χ4n) is 7.35. The molecule has 10 nitrogen and oxygen atoms in total. The molecule has 0 aromatic heterocycles. The molecule has 1 amide bonds. The molecule has 1 aliphatic carbocycles. The van der Waals surface area contributed by atoms with Gasteiger partial charge in [0.1, 0.15) is 11.5 Å². The number of nitrogens with zero attached hydrogens (tertiary/aromatic N) is 2. The number of esters is 1. The zero-order valence-electron chi connectivity index (χ0n) is 20.5. The highest BCUT2D eigenvalue weighted by atomic mass is 16.7. The van der Waals surface area contributed by atoms with Crippen LogP contribution < -0.4 is 14.4 Å². The number of hydrogen-bond acceptors (Lipinski definition) is 9. The molecule has 1 aromatic carbocycles. The van der Waals surface area contributed by atoms with Crippen molar-refractivity contribution in [1.29, 1.82) is 0 Å². The molecular weight excluding hydrogens is 456 g/mol. The van der Waals surface area contributed by atoms with E-state index >= 15 is 0 Å². The first-order valence-electron chi connectivity index (χ1n) is 12.1. The molecule has 1 saturated carbocycles. The first-order valence-corrected chi connectivity index (χ1v) is 12.1. The highest BCUT2D eigenvalue weighted by Crippen LogP contribution is 2.69. The van der Waals surface area contributed by atoms with Gasteiger partial charge in [0.2, 0.25) is 5.72 Å². The maximum atomic E-state index is 14.7. The van der Waals surface area contributed by atoms with Gasteiger partial charge in [0, 0.05) is 20.0 Å². The Morgan fingerprint density at radius 3 is 2.66 bits per heavy atom. The third-order valence-corrected chi connectivity index (χ3v) is 8.64. The molecule has 7 atom stereocenters. The molecule has 3 fully saturated rings. The molecule has 6 rings (SSSR count). The van der Waals surface area contributed by atoms with Crippen LogP contribution in [0.25, 0.3) is 0 Å². The number of rotatable bonds is 3. The summed E-state index contributed by atoms with van der Waals surface area (Å²) in [5.74, 6) is -1.10. The number of amides is 1. The normalized spacial score (nSPS) is 39.3. The highest BCUT2D eigenvalue weighted by Gasteiger charge is 2.82. The quantitative estimate of drug-likeness (QED) is 0.584. The number of methoxy groups -OCH3 is 2. The van der Waals surface area contributed by atoms with Gasteiger partial charge in [0.05, 0.1) is 24.8 Å². The SMILES string of the molecule is COc1ccc2c3c1OC(OC)C(=O)N3C1(OC(C)=O)C3OC(C)C4C(=O)C21CCN(C)CCC43. The first-order chi connectivity index (χ1) is 16.7. The summed E-state index contributed by atoms with van der Waals surface area (Å²) in [6.45, 7) is 4.55. The van der Waals surface area contributed by atoms with Gasteiger partial charge in [0.15, 0.2) is 17.3 Å². The number of fused-ring (bicyclic) bond motifs is 2. The highest BCUT2D eigenvalue weighted by molar-refractivity contribution is 6.11. The van der Waals surface area contributed by atoms with Gasteiger partial charge in [0.25, 0.3) is 12.2 Å². The summed E-state index contributed by atoms with van der Waals surface area (Å²) < 4.78 is 29.7. The molecule has 35 heavy (non-hydrogen) atoms. The largest absolute Gasteiger partial charge is 0.493 e. The number of ketones is 1. The predicted molar refractivity (Wildman–Crippen MR) is 121 cm³/mol. The van der Waals surface area contributed by atoms with Gasteiger partial charge in [-0.15, -0.1) is 0 Å². The molecule has 0 radical (unpaired) electrons. The van der Waals surface area contributed by atoms with Crippen molar-refractivity contribution in [2.45, 2.75) is 56.3 Å². The first kappa shape index (κ1) is 22.8. The van der Waals surface area contributed by atoms with E-state index < -0.39 is 35.4 Å². The summed E-state index contributed by atoms with van der Waals surface area (Å²) >= 11 is 0. The number of Topliss-reactive ketones (excluding diaryl/α,β-unsaturated/α-hetero) is 1. The van der Waals surface area contributed by atoms with Crippen LogP contribution in [0.5, 0.6) is 11.5 Å². The molecule has 10 heteroatoms. The average Bonchev–Trinajstić information content (AvgIpc) is 3.28. The Morgan fingerprint density at radius 1 is 1.20 bits per heavy atom. The third kappa shape index (κ3) is 2.52. The number of hydrogen-bond donors (Lipinski definition) is 0. The van der Waals surface area contributed by atoms with Crippen LogP contribution in [0.4, 0.5) is 5.69 Å². The van der Waals surface area contributed by atoms with Crippen LogP contribution in [0, 0.1) is 11.8 Å². The van der Waals surface area contributed by atoms with Crippen molar-refractivity contribution in [2.24, 2.45) is 11.8 Å². The number of ether oxygens (including phenoxy) is 5. The van der Waals surface area contributed by atoms with Crippen molar-refractivity contribution in [2.75, 3.05) is 39.3 Å². The lowest BCUT2D eigenvalue weighted by molar-refractivity contribution is -0.203. The van der Waals surface area contributed by atoms with Gasteiger partial charge in [-0.1, -0.05) is 6.07 Å². The molecule has 4 aliphatic heterocycles. The number of carbonyl (C=O) groups is 3. The van der Waals surface area contributed by atoms with Gasteiger partial charge in [-0.05, 0) is 51.5 Å². The van der Waals surface area contributed by atoms with Crippen LogP contribution in [0.1, 0.15) is 32.3 Å². The number of anilines is 1. The molecule has 1 aromatic rings. The van der Waals surface area contributed by atoms with E-state index in [2.05, 4.69) is 4.90 Å². The zero-order valence-corrected chi connectivity index (χ0v) is 20.5. The van der Waals surface area contributed by atoms with Crippen molar-refractivity contribution in [3.05, 3.63) is 17.7 Å². The van der Waals surface area contributed by atoms with Crippen LogP contribution in [0.3, 0.4) is 0 Å². The second kappa shape index (κ2) is 7.41. The van der Waals surface area contributed by atoms with Crippen molar-refractivity contribution < 1.29 is 38.1 Å². The maximum absolute atomic E-state index is 14.7. The summed E-state index contributed by atoms with van der Waals surface area (Å²) in [5, 5.41) is 0.